The van der Waals surface area contributed by atoms with Crippen LogP contribution in [-0.4, -0.2) is 20.9 Å². The van der Waals surface area contributed by atoms with E-state index >= 15 is 0 Å². The molecule has 160 valence electrons. The molecule has 3 aromatic rings. The van der Waals surface area contributed by atoms with E-state index in [2.05, 4.69) is 20.3 Å². The average Bonchev–Trinajstić information content (AvgIpc) is 3.30. The molecule has 0 spiro atoms. The molecule has 1 amide bonds. The molecule has 1 saturated carbocycles. The molecule has 0 unspecified atom stereocenters. The molecular formula is C22H26N8O. The van der Waals surface area contributed by atoms with Crippen LogP contribution < -0.4 is 27.6 Å². The second-order valence-corrected chi connectivity index (χ2v) is 7.70. The number of nitrogens with zero attached hydrogens (tertiary/aromatic N) is 4. The highest BCUT2D eigenvalue weighted by Crippen LogP contribution is 2.32. The Labute approximate surface area is 180 Å². The summed E-state index contributed by atoms with van der Waals surface area (Å²) >= 11 is 0. The summed E-state index contributed by atoms with van der Waals surface area (Å²) in [5.74, 6) is 7.52. The van der Waals surface area contributed by atoms with Gasteiger partial charge in [-0.1, -0.05) is 37.1 Å². The van der Waals surface area contributed by atoms with Crippen LogP contribution in [0.15, 0.2) is 48.5 Å². The first-order valence-corrected chi connectivity index (χ1v) is 10.3. The van der Waals surface area contributed by atoms with Crippen molar-refractivity contribution in [1.29, 1.82) is 0 Å². The first-order chi connectivity index (χ1) is 15.0. The molecule has 1 fully saturated rings. The third-order valence-electron chi connectivity index (χ3n) is 5.41. The molecule has 9 heteroatoms. The zero-order valence-corrected chi connectivity index (χ0v) is 17.2. The number of hydrazine groups is 1. The van der Waals surface area contributed by atoms with Crippen LogP contribution in [0.3, 0.4) is 0 Å². The number of carbonyl (C=O) groups is 1. The van der Waals surface area contributed by atoms with Crippen molar-refractivity contribution in [3.05, 3.63) is 65.5 Å². The molecule has 0 aliphatic heterocycles. The highest BCUT2D eigenvalue weighted by molar-refractivity contribution is 6.05. The lowest BCUT2D eigenvalue weighted by Gasteiger charge is -2.18. The number of amides is 1. The van der Waals surface area contributed by atoms with Crippen LogP contribution in [0.25, 0.3) is 0 Å². The van der Waals surface area contributed by atoms with Crippen molar-refractivity contribution in [1.82, 2.24) is 15.0 Å². The molecule has 31 heavy (non-hydrogen) atoms. The van der Waals surface area contributed by atoms with Gasteiger partial charge in [0.05, 0.1) is 17.9 Å². The smallest absolute Gasteiger partial charge is 0.255 e. The Morgan fingerprint density at radius 1 is 1.00 bits per heavy atom. The summed E-state index contributed by atoms with van der Waals surface area (Å²) in [6.45, 7) is 0.362. The number of aromatic nitrogens is 3. The van der Waals surface area contributed by atoms with Crippen LogP contribution >= 0.6 is 0 Å². The van der Waals surface area contributed by atoms with Gasteiger partial charge in [-0.2, -0.15) is 15.0 Å². The van der Waals surface area contributed by atoms with E-state index in [1.54, 1.807) is 24.3 Å². The molecule has 9 nitrogen and oxygen atoms in total. The highest BCUT2D eigenvalue weighted by atomic mass is 16.1. The summed E-state index contributed by atoms with van der Waals surface area (Å²) in [6.07, 6.45) is 4.47. The van der Waals surface area contributed by atoms with Gasteiger partial charge in [-0.3, -0.25) is 9.80 Å². The highest BCUT2D eigenvalue weighted by Gasteiger charge is 2.22. The van der Waals surface area contributed by atoms with Gasteiger partial charge in [0.25, 0.3) is 5.91 Å². The molecule has 1 heterocycles. The minimum absolute atomic E-state index is 0.176. The van der Waals surface area contributed by atoms with Crippen molar-refractivity contribution in [2.75, 3.05) is 21.8 Å². The Bertz CT molecular complexity index is 1060. The van der Waals surface area contributed by atoms with Crippen LogP contribution in [0.5, 0.6) is 0 Å². The molecule has 7 N–H and O–H groups in total. The topological polar surface area (TPSA) is 149 Å². The van der Waals surface area contributed by atoms with Crippen molar-refractivity contribution >= 4 is 29.2 Å². The van der Waals surface area contributed by atoms with Crippen molar-refractivity contribution in [2.24, 2.45) is 5.84 Å². The largest absolute Gasteiger partial charge is 0.397 e. The van der Waals surface area contributed by atoms with Gasteiger partial charge >= 0.3 is 0 Å². The number of hydrogen-bond donors (Lipinski definition) is 4. The summed E-state index contributed by atoms with van der Waals surface area (Å²) in [4.78, 5) is 25.5. The van der Waals surface area contributed by atoms with Gasteiger partial charge in [-0.15, -0.1) is 0 Å². The number of nitrogens with one attached hydrogen (secondary N) is 1. The third kappa shape index (κ3) is 4.89. The van der Waals surface area contributed by atoms with E-state index in [1.165, 1.54) is 17.9 Å². The van der Waals surface area contributed by atoms with E-state index in [9.17, 15) is 4.79 Å². The number of nitrogens with two attached hydrogens (primary N) is 3. The second kappa shape index (κ2) is 8.97. The van der Waals surface area contributed by atoms with E-state index < -0.39 is 0 Å². The Balaban J connectivity index is 1.43. The Morgan fingerprint density at radius 3 is 2.42 bits per heavy atom. The Morgan fingerprint density at radius 2 is 1.71 bits per heavy atom. The lowest BCUT2D eigenvalue weighted by Crippen LogP contribution is -2.32. The maximum Gasteiger partial charge on any atom is 0.255 e. The van der Waals surface area contributed by atoms with Crippen LogP contribution in [0.4, 0.5) is 23.3 Å². The molecular weight excluding hydrogens is 392 g/mol. The van der Waals surface area contributed by atoms with Crippen LogP contribution in [-0.2, 0) is 6.54 Å². The van der Waals surface area contributed by atoms with E-state index in [0.29, 0.717) is 41.2 Å². The quantitative estimate of drug-likeness (QED) is 0.271. The van der Waals surface area contributed by atoms with Crippen molar-refractivity contribution in [3.63, 3.8) is 0 Å². The first kappa shape index (κ1) is 20.5. The predicted octanol–water partition coefficient (Wildman–Crippen LogP) is 2.83. The van der Waals surface area contributed by atoms with Crippen LogP contribution in [0.1, 0.15) is 53.3 Å². The van der Waals surface area contributed by atoms with E-state index in [-0.39, 0.29) is 11.9 Å². The number of benzene rings is 2. The predicted molar refractivity (Wildman–Crippen MR) is 121 cm³/mol. The Hall–Kier alpha value is -3.72. The molecule has 1 aromatic heterocycles. The minimum Gasteiger partial charge on any atom is -0.397 e. The van der Waals surface area contributed by atoms with Crippen LogP contribution in [0.2, 0.25) is 0 Å². The van der Waals surface area contributed by atoms with Gasteiger partial charge in [-0.25, -0.2) is 5.84 Å². The van der Waals surface area contributed by atoms with Gasteiger partial charge in [0.1, 0.15) is 5.82 Å². The molecule has 0 atom stereocenters. The average molecular weight is 419 g/mol. The zero-order chi connectivity index (χ0) is 21.8. The van der Waals surface area contributed by atoms with Gasteiger partial charge in [0, 0.05) is 11.5 Å². The van der Waals surface area contributed by atoms with Gasteiger partial charge < -0.3 is 16.8 Å². The van der Waals surface area contributed by atoms with E-state index in [4.69, 9.17) is 17.3 Å². The van der Waals surface area contributed by atoms with E-state index in [1.807, 2.05) is 24.3 Å². The zero-order valence-electron chi connectivity index (χ0n) is 17.2. The first-order valence-electron chi connectivity index (χ1n) is 10.3. The summed E-state index contributed by atoms with van der Waals surface area (Å²) < 4.78 is 0. The molecule has 0 bridgehead atoms. The maximum absolute atomic E-state index is 12.5. The fourth-order valence-electron chi connectivity index (χ4n) is 3.73. The van der Waals surface area contributed by atoms with Crippen molar-refractivity contribution in [3.8, 4) is 0 Å². The fraction of sp³-hybridized carbons (Fsp3) is 0.273. The number of hydrogen-bond acceptors (Lipinski definition) is 8. The maximum atomic E-state index is 12.5. The summed E-state index contributed by atoms with van der Waals surface area (Å²) in [5.41, 5.74) is 14.3. The minimum atomic E-state index is -0.236. The summed E-state index contributed by atoms with van der Waals surface area (Å²) in [7, 11) is 0. The lowest BCUT2D eigenvalue weighted by atomic mass is 10.1. The standard InChI is InChI=1S/C22H26N8O/c23-17-7-3-4-8-18(17)26-20(31)16-11-9-14(10-12-16)13-30(25)22-28-19(27-21(24)29-22)15-5-1-2-6-15/h3-4,7-12,15H,1-2,5-6,13,23,25H2,(H,26,31)(H2,24,27,28,29). The Kier molecular flexibility index (Phi) is 5.94. The lowest BCUT2D eigenvalue weighted by molar-refractivity contribution is 0.102. The fourth-order valence-corrected chi connectivity index (χ4v) is 3.73. The number of anilines is 4. The molecule has 4 rings (SSSR count). The van der Waals surface area contributed by atoms with Gasteiger partial charge in [0.15, 0.2) is 0 Å². The molecule has 1 aliphatic rings. The van der Waals surface area contributed by atoms with Gasteiger partial charge in [-0.05, 0) is 42.7 Å². The normalized spacial score (nSPS) is 13.8. The number of carbonyl (C=O) groups excluding carboxylic acids is 1. The number of para-hydroxylation sites is 2. The third-order valence-corrected chi connectivity index (χ3v) is 5.41. The van der Waals surface area contributed by atoms with Gasteiger partial charge in [0.2, 0.25) is 11.9 Å². The monoisotopic (exact) mass is 418 g/mol. The van der Waals surface area contributed by atoms with Crippen LogP contribution in [0, 0.1) is 0 Å². The number of nitrogen functional groups attached to an aromatic ring is 2. The molecule has 0 radical (unpaired) electrons. The van der Waals surface area contributed by atoms with E-state index in [0.717, 1.165) is 18.4 Å². The van der Waals surface area contributed by atoms with Crippen molar-refractivity contribution in [2.45, 2.75) is 38.1 Å². The summed E-state index contributed by atoms with van der Waals surface area (Å²) in [5, 5.41) is 4.25. The molecule has 0 saturated heterocycles. The molecule has 1 aliphatic carbocycles. The number of rotatable bonds is 6. The summed E-state index contributed by atoms with van der Waals surface area (Å²) in [6, 6.07) is 14.3. The second-order valence-electron chi connectivity index (χ2n) is 7.70. The molecule has 2 aromatic carbocycles. The SMILES string of the molecule is Nc1nc(C2CCCC2)nc(N(N)Cc2ccc(C(=O)Nc3ccccc3N)cc2)n1. The van der Waals surface area contributed by atoms with Crippen molar-refractivity contribution < 1.29 is 4.79 Å².